The number of carbonyl (C=O) groups is 2. The molecule has 0 saturated carbocycles. The van der Waals surface area contributed by atoms with E-state index in [-0.39, 0.29) is 11.8 Å². The second-order valence-electron chi connectivity index (χ2n) is 7.32. The highest BCUT2D eigenvalue weighted by molar-refractivity contribution is 5.86. The summed E-state index contributed by atoms with van der Waals surface area (Å²) in [6, 6.07) is 13.1. The van der Waals surface area contributed by atoms with Gasteiger partial charge in [-0.15, -0.1) is 0 Å². The number of carboxylic acids is 1. The van der Waals surface area contributed by atoms with Gasteiger partial charge >= 0.3 is 5.97 Å². The number of hydrogen-bond acceptors (Lipinski definition) is 3. The van der Waals surface area contributed by atoms with Crippen LogP contribution in [0, 0.1) is 18.7 Å². The van der Waals surface area contributed by atoms with Crippen LogP contribution >= 0.6 is 0 Å². The number of piperidine rings is 1. The minimum absolute atomic E-state index is 0.213. The van der Waals surface area contributed by atoms with Crippen molar-refractivity contribution >= 4 is 11.9 Å². The molecule has 2 N–H and O–H groups in total. The Morgan fingerprint density at radius 2 is 1.86 bits per heavy atom. The number of aliphatic carboxylic acids is 1. The van der Waals surface area contributed by atoms with Crippen LogP contribution in [0.1, 0.15) is 35.6 Å². The zero-order valence-electron chi connectivity index (χ0n) is 15.9. The molecule has 6 heteroatoms. The molecule has 1 fully saturated rings. The van der Waals surface area contributed by atoms with E-state index in [0.717, 1.165) is 19.6 Å². The van der Waals surface area contributed by atoms with Gasteiger partial charge < -0.3 is 10.4 Å². The standard InChI is InChI=1S/C22H25FN2O3/c1-15-13-18(7-8-19(15)23)20(22(27)28)24-21(26)17-9-11-25(12-10-17)14-16-5-3-2-4-6-16/h2-8,13,17,20H,9-12,14H2,1H3,(H,24,26)(H,27,28). The molecule has 2 aromatic rings. The predicted octanol–water partition coefficient (Wildman–Crippen LogP) is 3.29. The van der Waals surface area contributed by atoms with Gasteiger partial charge in [-0.1, -0.05) is 42.5 Å². The first kappa shape index (κ1) is 20.0. The fourth-order valence-corrected chi connectivity index (χ4v) is 3.59. The molecule has 0 aliphatic carbocycles. The van der Waals surface area contributed by atoms with E-state index in [2.05, 4.69) is 22.3 Å². The Morgan fingerprint density at radius 3 is 2.46 bits per heavy atom. The van der Waals surface area contributed by atoms with Gasteiger partial charge in [0.1, 0.15) is 5.82 Å². The average molecular weight is 384 g/mol. The zero-order chi connectivity index (χ0) is 20.1. The molecule has 148 valence electrons. The van der Waals surface area contributed by atoms with Crippen LogP contribution in [0.15, 0.2) is 48.5 Å². The summed E-state index contributed by atoms with van der Waals surface area (Å²) in [5, 5.41) is 12.2. The van der Waals surface area contributed by atoms with Crippen LogP contribution < -0.4 is 5.32 Å². The van der Waals surface area contributed by atoms with E-state index in [1.54, 1.807) is 6.92 Å². The Bertz CT molecular complexity index is 833. The van der Waals surface area contributed by atoms with E-state index < -0.39 is 17.8 Å². The highest BCUT2D eigenvalue weighted by atomic mass is 19.1. The van der Waals surface area contributed by atoms with Crippen LogP contribution in [0.25, 0.3) is 0 Å². The molecule has 0 bridgehead atoms. The summed E-state index contributed by atoms with van der Waals surface area (Å²) in [4.78, 5) is 26.6. The van der Waals surface area contributed by atoms with E-state index in [1.807, 2.05) is 18.2 Å². The summed E-state index contributed by atoms with van der Waals surface area (Å²) < 4.78 is 13.5. The number of carboxylic acid groups (broad SMARTS) is 1. The van der Waals surface area contributed by atoms with E-state index in [9.17, 15) is 19.1 Å². The number of aryl methyl sites for hydroxylation is 1. The van der Waals surface area contributed by atoms with Gasteiger partial charge in [-0.2, -0.15) is 0 Å². The van der Waals surface area contributed by atoms with Gasteiger partial charge in [0, 0.05) is 12.5 Å². The van der Waals surface area contributed by atoms with Crippen molar-refractivity contribution in [3.8, 4) is 0 Å². The van der Waals surface area contributed by atoms with Crippen molar-refractivity contribution in [1.29, 1.82) is 0 Å². The predicted molar refractivity (Wildman–Crippen MR) is 104 cm³/mol. The van der Waals surface area contributed by atoms with Crippen molar-refractivity contribution in [2.24, 2.45) is 5.92 Å². The van der Waals surface area contributed by atoms with Crippen LogP contribution in [0.5, 0.6) is 0 Å². The van der Waals surface area contributed by atoms with Crippen LogP contribution in [0.3, 0.4) is 0 Å². The lowest BCUT2D eigenvalue weighted by molar-refractivity contribution is -0.143. The summed E-state index contributed by atoms with van der Waals surface area (Å²) in [5.74, 6) is -2.02. The highest BCUT2D eigenvalue weighted by Crippen LogP contribution is 2.22. The molecule has 1 unspecified atom stereocenters. The topological polar surface area (TPSA) is 69.6 Å². The average Bonchev–Trinajstić information content (AvgIpc) is 2.69. The maximum Gasteiger partial charge on any atom is 0.330 e. The largest absolute Gasteiger partial charge is 0.479 e. The van der Waals surface area contributed by atoms with Crippen LogP contribution in [0.2, 0.25) is 0 Å². The normalized spacial score (nSPS) is 16.5. The monoisotopic (exact) mass is 384 g/mol. The molecule has 5 nitrogen and oxygen atoms in total. The van der Waals surface area contributed by atoms with E-state index in [0.29, 0.717) is 24.0 Å². The number of benzene rings is 2. The third-order valence-electron chi connectivity index (χ3n) is 5.26. The Morgan fingerprint density at radius 1 is 1.18 bits per heavy atom. The second-order valence-corrected chi connectivity index (χ2v) is 7.32. The smallest absolute Gasteiger partial charge is 0.330 e. The Balaban J connectivity index is 1.57. The first-order valence-electron chi connectivity index (χ1n) is 9.49. The molecular weight excluding hydrogens is 359 g/mol. The number of amides is 1. The summed E-state index contributed by atoms with van der Waals surface area (Å²) in [7, 11) is 0. The number of nitrogens with zero attached hydrogens (tertiary/aromatic N) is 1. The van der Waals surface area contributed by atoms with E-state index in [4.69, 9.17) is 0 Å². The number of nitrogens with one attached hydrogen (secondary N) is 1. The molecule has 1 amide bonds. The van der Waals surface area contributed by atoms with Crippen LogP contribution in [-0.2, 0) is 16.1 Å². The molecule has 28 heavy (non-hydrogen) atoms. The second kappa shape index (κ2) is 8.97. The Labute approximate surface area is 164 Å². The molecular formula is C22H25FN2O3. The molecule has 1 aliphatic heterocycles. The van der Waals surface area contributed by atoms with Crippen molar-refractivity contribution in [2.75, 3.05) is 13.1 Å². The number of rotatable bonds is 6. The Kier molecular flexibility index (Phi) is 6.41. The van der Waals surface area contributed by atoms with Gasteiger partial charge in [-0.25, -0.2) is 9.18 Å². The molecule has 1 saturated heterocycles. The molecule has 1 atom stereocenters. The number of carbonyl (C=O) groups excluding carboxylic acids is 1. The van der Waals surface area contributed by atoms with Gasteiger partial charge in [0.15, 0.2) is 6.04 Å². The number of hydrogen-bond donors (Lipinski definition) is 2. The van der Waals surface area contributed by atoms with Gasteiger partial charge in [-0.3, -0.25) is 9.69 Å². The molecule has 1 heterocycles. The van der Waals surface area contributed by atoms with Crippen molar-refractivity contribution in [3.63, 3.8) is 0 Å². The molecule has 2 aromatic carbocycles. The van der Waals surface area contributed by atoms with E-state index >= 15 is 0 Å². The fourth-order valence-electron chi connectivity index (χ4n) is 3.59. The number of likely N-dealkylation sites (tertiary alicyclic amines) is 1. The van der Waals surface area contributed by atoms with Crippen molar-refractivity contribution in [2.45, 2.75) is 32.4 Å². The van der Waals surface area contributed by atoms with E-state index in [1.165, 1.54) is 23.8 Å². The van der Waals surface area contributed by atoms with Crippen LogP contribution in [0.4, 0.5) is 4.39 Å². The molecule has 0 aromatic heterocycles. The SMILES string of the molecule is Cc1cc(C(NC(=O)C2CCN(Cc3ccccc3)CC2)C(=O)O)ccc1F. The van der Waals surface area contributed by atoms with Gasteiger partial charge in [-0.05, 0) is 55.6 Å². The molecule has 1 aliphatic rings. The van der Waals surface area contributed by atoms with Crippen molar-refractivity contribution in [1.82, 2.24) is 10.2 Å². The third kappa shape index (κ3) is 4.95. The van der Waals surface area contributed by atoms with Crippen molar-refractivity contribution < 1.29 is 19.1 Å². The lowest BCUT2D eigenvalue weighted by atomic mass is 9.94. The quantitative estimate of drug-likeness (QED) is 0.802. The maximum atomic E-state index is 13.5. The maximum absolute atomic E-state index is 13.5. The number of halogens is 1. The molecule has 0 spiro atoms. The molecule has 3 rings (SSSR count). The lowest BCUT2D eigenvalue weighted by Gasteiger charge is -2.31. The summed E-state index contributed by atoms with van der Waals surface area (Å²) >= 11 is 0. The van der Waals surface area contributed by atoms with Crippen LogP contribution in [-0.4, -0.2) is 35.0 Å². The highest BCUT2D eigenvalue weighted by Gasteiger charge is 2.29. The zero-order valence-corrected chi connectivity index (χ0v) is 15.9. The van der Waals surface area contributed by atoms with Gasteiger partial charge in [0.25, 0.3) is 0 Å². The van der Waals surface area contributed by atoms with Crippen molar-refractivity contribution in [3.05, 3.63) is 71.0 Å². The summed E-state index contributed by atoms with van der Waals surface area (Å²) in [6.45, 7) is 4.00. The lowest BCUT2D eigenvalue weighted by Crippen LogP contribution is -2.42. The first-order chi connectivity index (χ1) is 13.4. The first-order valence-corrected chi connectivity index (χ1v) is 9.49. The summed E-state index contributed by atoms with van der Waals surface area (Å²) in [5.41, 5.74) is 1.97. The fraction of sp³-hybridized carbons (Fsp3) is 0.364. The minimum atomic E-state index is -1.17. The third-order valence-corrected chi connectivity index (χ3v) is 5.26. The minimum Gasteiger partial charge on any atom is -0.479 e. The summed E-state index contributed by atoms with van der Waals surface area (Å²) in [6.07, 6.45) is 1.38. The van der Waals surface area contributed by atoms with Gasteiger partial charge in [0.05, 0.1) is 0 Å². The Hall–Kier alpha value is -2.73. The molecule has 0 radical (unpaired) electrons. The van der Waals surface area contributed by atoms with Gasteiger partial charge in [0.2, 0.25) is 5.91 Å².